The summed E-state index contributed by atoms with van der Waals surface area (Å²) in [5, 5.41) is 1.03. The molecular formula is C19H18N2O3S2. The van der Waals surface area contributed by atoms with Gasteiger partial charge in [-0.1, -0.05) is 0 Å². The molecule has 2 heterocycles. The third-order valence-electron chi connectivity index (χ3n) is 4.52. The second-order valence-corrected chi connectivity index (χ2v) is 8.45. The number of thiophene rings is 1. The molecule has 0 atom stereocenters. The molecule has 0 amide bonds. The first-order valence-corrected chi connectivity index (χ1v) is 10.1. The zero-order valence-corrected chi connectivity index (χ0v) is 16.2. The normalized spacial score (nSPS) is 13.6. The summed E-state index contributed by atoms with van der Waals surface area (Å²) >= 11 is 2.59. The van der Waals surface area contributed by atoms with Crippen LogP contribution < -0.4 is 10.3 Å². The van der Waals surface area contributed by atoms with Crippen LogP contribution in [-0.2, 0) is 17.6 Å². The molecule has 0 saturated heterocycles. The smallest absolute Gasteiger partial charge is 0.267 e. The molecule has 2 aromatic heterocycles. The van der Waals surface area contributed by atoms with Crippen molar-refractivity contribution in [3.05, 3.63) is 45.1 Å². The van der Waals surface area contributed by atoms with E-state index in [1.54, 1.807) is 35.1 Å². The van der Waals surface area contributed by atoms with E-state index in [2.05, 4.69) is 0 Å². The number of fused-ring (bicyclic) bond motifs is 3. The summed E-state index contributed by atoms with van der Waals surface area (Å²) in [4.78, 5) is 31.8. The van der Waals surface area contributed by atoms with Crippen molar-refractivity contribution in [2.45, 2.75) is 37.8 Å². The average molecular weight is 386 g/mol. The number of thioether (sulfide) groups is 1. The highest BCUT2D eigenvalue weighted by atomic mass is 32.2. The Labute approximate surface area is 159 Å². The van der Waals surface area contributed by atoms with Gasteiger partial charge in [0, 0.05) is 11.8 Å². The van der Waals surface area contributed by atoms with E-state index >= 15 is 0 Å². The van der Waals surface area contributed by atoms with Gasteiger partial charge in [-0.2, -0.15) is 0 Å². The van der Waals surface area contributed by atoms with E-state index in [1.165, 1.54) is 11.8 Å². The molecular weight excluding hydrogens is 368 g/mol. The van der Waals surface area contributed by atoms with E-state index in [0.717, 1.165) is 47.8 Å². The highest BCUT2D eigenvalue weighted by molar-refractivity contribution is 8.13. The predicted molar refractivity (Wildman–Crippen MR) is 105 cm³/mol. The molecule has 0 bridgehead atoms. The van der Waals surface area contributed by atoms with Crippen LogP contribution in [0.2, 0.25) is 0 Å². The van der Waals surface area contributed by atoms with Crippen LogP contribution in [0.4, 0.5) is 0 Å². The lowest BCUT2D eigenvalue weighted by Gasteiger charge is -2.13. The highest BCUT2D eigenvalue weighted by Gasteiger charge is 2.23. The van der Waals surface area contributed by atoms with Gasteiger partial charge in [0.1, 0.15) is 10.6 Å². The zero-order valence-electron chi connectivity index (χ0n) is 14.6. The van der Waals surface area contributed by atoms with E-state index < -0.39 is 0 Å². The van der Waals surface area contributed by atoms with Crippen LogP contribution in [0.15, 0.2) is 34.2 Å². The van der Waals surface area contributed by atoms with Crippen molar-refractivity contribution in [2.24, 2.45) is 0 Å². The van der Waals surface area contributed by atoms with Crippen LogP contribution in [0.1, 0.15) is 30.2 Å². The molecule has 26 heavy (non-hydrogen) atoms. The van der Waals surface area contributed by atoms with E-state index in [9.17, 15) is 9.59 Å². The number of nitrogens with zero attached hydrogens (tertiary/aromatic N) is 2. The number of benzene rings is 1. The van der Waals surface area contributed by atoms with Gasteiger partial charge in [-0.25, -0.2) is 4.98 Å². The Kier molecular flexibility index (Phi) is 4.58. The number of methoxy groups -OCH3 is 1. The van der Waals surface area contributed by atoms with E-state index in [0.29, 0.717) is 22.0 Å². The summed E-state index contributed by atoms with van der Waals surface area (Å²) in [6.07, 6.45) is 4.19. The number of rotatable bonds is 3. The molecule has 7 heteroatoms. The van der Waals surface area contributed by atoms with Crippen molar-refractivity contribution < 1.29 is 9.53 Å². The van der Waals surface area contributed by atoms with Crippen molar-refractivity contribution >= 4 is 38.4 Å². The van der Waals surface area contributed by atoms with Gasteiger partial charge in [-0.15, -0.1) is 11.3 Å². The topological polar surface area (TPSA) is 61.2 Å². The summed E-state index contributed by atoms with van der Waals surface area (Å²) < 4.78 is 6.75. The Balaban J connectivity index is 1.99. The summed E-state index contributed by atoms with van der Waals surface area (Å²) in [5.74, 6) is 0.713. The third kappa shape index (κ3) is 2.95. The summed E-state index contributed by atoms with van der Waals surface area (Å²) in [7, 11) is 1.60. The van der Waals surface area contributed by atoms with Crippen LogP contribution in [0.5, 0.6) is 5.75 Å². The lowest BCUT2D eigenvalue weighted by Crippen LogP contribution is -2.22. The SMILES string of the molecule is COc1ccc(-n2c(SC(C)=O)nc3sc4c(c3c2=O)CCCC4)cc1. The molecule has 134 valence electrons. The van der Waals surface area contributed by atoms with Crippen molar-refractivity contribution in [3.63, 3.8) is 0 Å². The van der Waals surface area contributed by atoms with Gasteiger partial charge in [0.05, 0.1) is 18.2 Å². The molecule has 3 aromatic rings. The van der Waals surface area contributed by atoms with E-state index in [-0.39, 0.29) is 10.7 Å². The average Bonchev–Trinajstić information content (AvgIpc) is 3.00. The molecule has 4 rings (SSSR count). The summed E-state index contributed by atoms with van der Waals surface area (Å²) in [6, 6.07) is 7.24. The number of aromatic nitrogens is 2. The molecule has 0 radical (unpaired) electrons. The molecule has 0 spiro atoms. The maximum atomic E-state index is 13.4. The molecule has 0 aliphatic heterocycles. The lowest BCUT2D eigenvalue weighted by molar-refractivity contribution is -0.109. The Hall–Kier alpha value is -2.12. The highest BCUT2D eigenvalue weighted by Crippen LogP contribution is 2.35. The fraction of sp³-hybridized carbons (Fsp3) is 0.316. The van der Waals surface area contributed by atoms with Crippen molar-refractivity contribution in [1.82, 2.24) is 9.55 Å². The molecule has 0 unspecified atom stereocenters. The zero-order chi connectivity index (χ0) is 18.3. The first-order chi connectivity index (χ1) is 12.6. The maximum absolute atomic E-state index is 13.4. The van der Waals surface area contributed by atoms with Crippen LogP contribution in [0, 0.1) is 0 Å². The minimum atomic E-state index is -0.0974. The second kappa shape index (κ2) is 6.89. The minimum absolute atomic E-state index is 0.0942. The number of hydrogen-bond donors (Lipinski definition) is 0. The van der Waals surface area contributed by atoms with Crippen LogP contribution >= 0.6 is 23.1 Å². The number of carbonyl (C=O) groups excluding carboxylic acids is 1. The number of carbonyl (C=O) groups is 1. The van der Waals surface area contributed by atoms with Gasteiger partial charge in [-0.05, 0) is 67.3 Å². The van der Waals surface area contributed by atoms with E-state index in [4.69, 9.17) is 9.72 Å². The quantitative estimate of drug-likeness (QED) is 0.503. The monoisotopic (exact) mass is 386 g/mol. The Bertz CT molecular complexity index is 1050. The number of hydrogen-bond acceptors (Lipinski definition) is 6. The molecule has 1 aliphatic carbocycles. The fourth-order valence-corrected chi connectivity index (χ4v) is 5.33. The predicted octanol–water partition coefficient (Wildman–Crippen LogP) is 3.97. The van der Waals surface area contributed by atoms with Gasteiger partial charge < -0.3 is 4.74 Å². The minimum Gasteiger partial charge on any atom is -0.497 e. The molecule has 0 N–H and O–H groups in total. The van der Waals surface area contributed by atoms with Crippen LogP contribution in [0.3, 0.4) is 0 Å². The summed E-state index contributed by atoms with van der Waals surface area (Å²) in [6.45, 7) is 1.48. The van der Waals surface area contributed by atoms with E-state index in [1.807, 2.05) is 12.1 Å². The molecule has 1 aliphatic rings. The van der Waals surface area contributed by atoms with Gasteiger partial charge >= 0.3 is 0 Å². The molecule has 0 fully saturated rings. The standard InChI is InChI=1S/C19H18N2O3S2/c1-11(22)25-19-20-17-16(14-5-3-4-6-15(14)26-17)18(23)21(19)12-7-9-13(24-2)10-8-12/h7-10H,3-6H2,1-2H3. The number of aryl methyl sites for hydroxylation is 2. The molecule has 0 saturated carbocycles. The Morgan fingerprint density at radius 1 is 1.23 bits per heavy atom. The largest absolute Gasteiger partial charge is 0.497 e. The Morgan fingerprint density at radius 3 is 2.65 bits per heavy atom. The van der Waals surface area contributed by atoms with Crippen molar-refractivity contribution in [3.8, 4) is 11.4 Å². The third-order valence-corrected chi connectivity index (χ3v) is 6.45. The van der Waals surface area contributed by atoms with Crippen molar-refractivity contribution in [1.29, 1.82) is 0 Å². The second-order valence-electron chi connectivity index (χ2n) is 6.22. The van der Waals surface area contributed by atoms with Gasteiger partial charge in [0.2, 0.25) is 0 Å². The van der Waals surface area contributed by atoms with Gasteiger partial charge in [0.25, 0.3) is 5.56 Å². The first kappa shape index (κ1) is 17.3. The fourth-order valence-electron chi connectivity index (χ4n) is 3.34. The van der Waals surface area contributed by atoms with Gasteiger partial charge in [-0.3, -0.25) is 14.2 Å². The summed E-state index contributed by atoms with van der Waals surface area (Å²) in [5.41, 5.74) is 1.74. The maximum Gasteiger partial charge on any atom is 0.267 e. The molecule has 5 nitrogen and oxygen atoms in total. The first-order valence-electron chi connectivity index (χ1n) is 8.48. The Morgan fingerprint density at radius 2 is 1.96 bits per heavy atom. The van der Waals surface area contributed by atoms with Gasteiger partial charge in [0.15, 0.2) is 10.3 Å². The lowest BCUT2D eigenvalue weighted by atomic mass is 9.97. The van der Waals surface area contributed by atoms with Crippen molar-refractivity contribution in [2.75, 3.05) is 7.11 Å². The number of ether oxygens (including phenoxy) is 1. The molecule has 1 aromatic carbocycles. The van der Waals surface area contributed by atoms with Crippen LogP contribution in [0.25, 0.3) is 15.9 Å². The van der Waals surface area contributed by atoms with Crippen LogP contribution in [-0.4, -0.2) is 21.8 Å².